The molecule has 3 N–H and O–H groups in total. The Kier molecular flexibility index (Phi) is 8.76. The van der Waals surface area contributed by atoms with Crippen molar-refractivity contribution in [2.24, 2.45) is 5.10 Å². The lowest BCUT2D eigenvalue weighted by molar-refractivity contribution is -0.384. The van der Waals surface area contributed by atoms with E-state index in [1.165, 1.54) is 36.5 Å². The maximum atomic E-state index is 12.9. The van der Waals surface area contributed by atoms with E-state index in [4.69, 9.17) is 4.74 Å². The minimum absolute atomic E-state index is 0.0481. The summed E-state index contributed by atoms with van der Waals surface area (Å²) in [6, 6.07) is 23.6. The van der Waals surface area contributed by atoms with Crippen LogP contribution in [0.3, 0.4) is 0 Å². The van der Waals surface area contributed by atoms with Crippen molar-refractivity contribution in [3.8, 4) is 5.75 Å². The second kappa shape index (κ2) is 12.4. The molecule has 0 amide bonds. The molecule has 0 aliphatic heterocycles. The molecule has 0 aliphatic carbocycles. The number of carbonyl (C=O) groups is 1. The van der Waals surface area contributed by atoms with Crippen LogP contribution < -0.4 is 14.9 Å². The fourth-order valence-electron chi connectivity index (χ4n) is 3.51. The summed E-state index contributed by atoms with van der Waals surface area (Å²) in [7, 11) is -4.34. The summed E-state index contributed by atoms with van der Waals surface area (Å²) in [6.07, 6.45) is 1.44. The van der Waals surface area contributed by atoms with Crippen molar-refractivity contribution in [3.05, 3.63) is 122 Å². The number of nitro benzene ring substituents is 1. The van der Waals surface area contributed by atoms with Crippen molar-refractivity contribution in [2.75, 3.05) is 10.1 Å². The van der Waals surface area contributed by atoms with Gasteiger partial charge < -0.3 is 9.84 Å². The third-order valence-corrected chi connectivity index (χ3v) is 7.45. The number of carboxylic acids is 1. The summed E-state index contributed by atoms with van der Waals surface area (Å²) in [5.74, 6) is -0.705. The lowest BCUT2D eigenvalue weighted by atomic mass is 10.2. The van der Waals surface area contributed by atoms with Crippen molar-refractivity contribution >= 4 is 55.2 Å². The molecule has 0 spiro atoms. The Morgan fingerprint density at radius 1 is 1.00 bits per heavy atom. The Labute approximate surface area is 237 Å². The fraction of sp³-hybridized carbons (Fsp3) is 0.0370. The minimum atomic E-state index is -4.34. The number of halogens is 1. The molecule has 204 valence electrons. The summed E-state index contributed by atoms with van der Waals surface area (Å²) in [5.41, 5.74) is 3.21. The smallest absolute Gasteiger partial charge is 0.337 e. The number of sulfonamides is 1. The van der Waals surface area contributed by atoms with Crippen LogP contribution in [-0.4, -0.2) is 30.6 Å². The molecule has 4 aromatic rings. The topological polar surface area (TPSA) is 160 Å². The number of hydrazone groups is 1. The van der Waals surface area contributed by atoms with Gasteiger partial charge in [-0.1, -0.05) is 42.5 Å². The number of nitro groups is 1. The average Bonchev–Trinajstić information content (AvgIpc) is 2.93. The molecule has 0 unspecified atom stereocenters. The number of benzene rings is 4. The Bertz CT molecular complexity index is 1700. The second-order valence-corrected chi connectivity index (χ2v) is 10.8. The minimum Gasteiger partial charge on any atom is -0.488 e. The normalized spacial score (nSPS) is 11.2. The molecule has 13 heteroatoms. The van der Waals surface area contributed by atoms with Crippen LogP contribution in [0, 0.1) is 10.1 Å². The van der Waals surface area contributed by atoms with Crippen LogP contribution in [0.1, 0.15) is 21.5 Å². The second-order valence-electron chi connectivity index (χ2n) is 8.23. The van der Waals surface area contributed by atoms with Gasteiger partial charge in [0.1, 0.15) is 18.0 Å². The van der Waals surface area contributed by atoms with Crippen LogP contribution in [0.2, 0.25) is 0 Å². The number of carboxylic acid groups (broad SMARTS) is 1. The highest BCUT2D eigenvalue weighted by atomic mass is 79.9. The number of nitrogens with one attached hydrogen (secondary N) is 2. The zero-order valence-corrected chi connectivity index (χ0v) is 22.9. The molecule has 11 nitrogen and oxygen atoms in total. The van der Waals surface area contributed by atoms with Gasteiger partial charge in [0.2, 0.25) is 0 Å². The van der Waals surface area contributed by atoms with Gasteiger partial charge in [-0.15, -0.1) is 0 Å². The summed E-state index contributed by atoms with van der Waals surface area (Å²) < 4.78 is 34.4. The lowest BCUT2D eigenvalue weighted by Gasteiger charge is -2.11. The van der Waals surface area contributed by atoms with Gasteiger partial charge in [-0.25, -0.2) is 13.2 Å². The summed E-state index contributed by atoms with van der Waals surface area (Å²) in [6.45, 7) is 0.394. The third-order valence-electron chi connectivity index (χ3n) is 5.47. The highest BCUT2D eigenvalue weighted by molar-refractivity contribution is 9.10. The monoisotopic (exact) mass is 624 g/mol. The Balaban J connectivity index is 1.47. The van der Waals surface area contributed by atoms with Gasteiger partial charge >= 0.3 is 5.97 Å². The highest BCUT2D eigenvalue weighted by Gasteiger charge is 2.23. The van der Waals surface area contributed by atoms with Crippen LogP contribution >= 0.6 is 15.9 Å². The Morgan fingerprint density at radius 3 is 2.42 bits per heavy atom. The van der Waals surface area contributed by atoms with Crippen molar-refractivity contribution in [3.63, 3.8) is 0 Å². The van der Waals surface area contributed by atoms with Gasteiger partial charge in [-0.05, 0) is 69.5 Å². The van der Waals surface area contributed by atoms with E-state index in [1.54, 1.807) is 18.2 Å². The third kappa shape index (κ3) is 7.01. The first kappa shape index (κ1) is 28.3. The average molecular weight is 625 g/mol. The molecule has 0 fully saturated rings. The van der Waals surface area contributed by atoms with Gasteiger partial charge in [0.25, 0.3) is 15.7 Å². The van der Waals surface area contributed by atoms with Crippen LogP contribution in [-0.2, 0) is 16.6 Å². The van der Waals surface area contributed by atoms with E-state index in [0.717, 1.165) is 17.7 Å². The van der Waals surface area contributed by atoms with E-state index in [0.29, 0.717) is 22.4 Å². The first-order valence-electron chi connectivity index (χ1n) is 11.5. The standard InChI is InChI=1S/C27H21BrN4O7S/c28-22-14-19(10-13-26(22)39-17-18-6-2-1-3-7-18)16-29-30-24-12-11-20(15-25(24)32(35)36)40(37,38)31-23-9-5-4-8-21(23)27(33)34/h1-16,30-31H,17H2,(H,33,34). The predicted octanol–water partition coefficient (Wildman–Crippen LogP) is 5.88. The maximum Gasteiger partial charge on any atom is 0.337 e. The van der Waals surface area contributed by atoms with E-state index in [1.807, 2.05) is 30.3 Å². The molecule has 40 heavy (non-hydrogen) atoms. The molecule has 0 bridgehead atoms. The molecule has 0 radical (unpaired) electrons. The van der Waals surface area contributed by atoms with E-state index in [2.05, 4.69) is 31.2 Å². The summed E-state index contributed by atoms with van der Waals surface area (Å²) >= 11 is 3.46. The van der Waals surface area contributed by atoms with Crippen molar-refractivity contribution in [1.29, 1.82) is 0 Å². The Hall–Kier alpha value is -4.75. The first-order chi connectivity index (χ1) is 19.1. The lowest BCUT2D eigenvalue weighted by Crippen LogP contribution is -2.16. The van der Waals surface area contributed by atoms with Crippen molar-refractivity contribution < 1.29 is 28.0 Å². The molecule has 4 aromatic carbocycles. The quantitative estimate of drug-likeness (QED) is 0.106. The zero-order chi connectivity index (χ0) is 28.7. The van der Waals surface area contributed by atoms with Crippen LogP contribution in [0.15, 0.2) is 105 Å². The fourth-order valence-corrected chi connectivity index (χ4v) is 5.12. The van der Waals surface area contributed by atoms with Crippen molar-refractivity contribution in [1.82, 2.24) is 0 Å². The zero-order valence-electron chi connectivity index (χ0n) is 20.5. The number of para-hydroxylation sites is 1. The largest absolute Gasteiger partial charge is 0.488 e. The molecule has 0 atom stereocenters. The first-order valence-corrected chi connectivity index (χ1v) is 13.8. The highest BCUT2D eigenvalue weighted by Crippen LogP contribution is 2.30. The number of hydrogen-bond acceptors (Lipinski definition) is 8. The number of ether oxygens (including phenoxy) is 1. The molecule has 0 saturated heterocycles. The van der Waals surface area contributed by atoms with Crippen LogP contribution in [0.4, 0.5) is 17.1 Å². The number of anilines is 2. The number of hydrogen-bond donors (Lipinski definition) is 3. The molecule has 0 aliphatic rings. The maximum absolute atomic E-state index is 12.9. The molecule has 0 aromatic heterocycles. The summed E-state index contributed by atoms with van der Waals surface area (Å²) in [4.78, 5) is 21.9. The number of rotatable bonds is 11. The molecule has 0 heterocycles. The van der Waals surface area contributed by atoms with Gasteiger partial charge in [-0.3, -0.25) is 20.3 Å². The van der Waals surface area contributed by atoms with Crippen LogP contribution in [0.25, 0.3) is 0 Å². The molecular weight excluding hydrogens is 604 g/mol. The van der Waals surface area contributed by atoms with Gasteiger partial charge in [0, 0.05) is 6.07 Å². The molecule has 4 rings (SSSR count). The van der Waals surface area contributed by atoms with Gasteiger partial charge in [0.05, 0.1) is 31.8 Å². The predicted molar refractivity (Wildman–Crippen MR) is 153 cm³/mol. The summed E-state index contributed by atoms with van der Waals surface area (Å²) in [5, 5.41) is 25.0. The van der Waals surface area contributed by atoms with E-state index >= 15 is 0 Å². The van der Waals surface area contributed by atoms with Crippen LogP contribution in [0.5, 0.6) is 5.75 Å². The van der Waals surface area contributed by atoms with E-state index in [9.17, 15) is 28.4 Å². The SMILES string of the molecule is O=C(O)c1ccccc1NS(=O)(=O)c1ccc(NN=Cc2ccc(OCc3ccccc3)c(Br)c2)c([N+](=O)[O-])c1. The van der Waals surface area contributed by atoms with Gasteiger partial charge in [-0.2, -0.15) is 5.10 Å². The van der Waals surface area contributed by atoms with Crippen molar-refractivity contribution in [2.45, 2.75) is 11.5 Å². The Morgan fingerprint density at radius 2 is 1.73 bits per heavy atom. The molecule has 0 saturated carbocycles. The number of aromatic carboxylic acids is 1. The molecular formula is C27H21BrN4O7S. The number of nitrogens with zero attached hydrogens (tertiary/aromatic N) is 2. The van der Waals surface area contributed by atoms with E-state index < -0.39 is 31.5 Å². The van der Waals surface area contributed by atoms with E-state index in [-0.39, 0.29) is 16.9 Å². The van der Waals surface area contributed by atoms with Gasteiger partial charge in [0.15, 0.2) is 0 Å².